The molecule has 26 heavy (non-hydrogen) atoms. The van der Waals surface area contributed by atoms with Gasteiger partial charge in [0, 0.05) is 29.7 Å². The fraction of sp³-hybridized carbons (Fsp3) is 0. The van der Waals surface area contributed by atoms with Crippen LogP contribution in [0.25, 0.3) is 16.6 Å². The fourth-order valence-corrected chi connectivity index (χ4v) is 3.01. The molecule has 0 radical (unpaired) electrons. The number of allylic oxidation sites excluding steroid dienone is 4. The van der Waals surface area contributed by atoms with Crippen molar-refractivity contribution in [3.8, 4) is 11.1 Å². The Bertz CT molecular complexity index is 1060. The van der Waals surface area contributed by atoms with Crippen molar-refractivity contribution < 1.29 is 9.59 Å². The minimum absolute atomic E-state index is 0.371. The monoisotopic (exact) mass is 340 g/mol. The first kappa shape index (κ1) is 15.8. The van der Waals surface area contributed by atoms with Crippen LogP contribution in [0.2, 0.25) is 0 Å². The first-order chi connectivity index (χ1) is 12.8. The summed E-state index contributed by atoms with van der Waals surface area (Å²) in [6.45, 7) is 0. The Morgan fingerprint density at radius 2 is 1.46 bits per heavy atom. The van der Waals surface area contributed by atoms with Crippen molar-refractivity contribution >= 4 is 17.2 Å². The van der Waals surface area contributed by atoms with Gasteiger partial charge in [-0.2, -0.15) is 0 Å². The molecule has 0 fully saturated rings. The van der Waals surface area contributed by atoms with Gasteiger partial charge in [0.1, 0.15) is 5.69 Å². The van der Waals surface area contributed by atoms with Crippen molar-refractivity contribution in [2.75, 3.05) is 0 Å². The predicted octanol–water partition coefficient (Wildman–Crippen LogP) is 4.21. The average Bonchev–Trinajstić information content (AvgIpc) is 2.86. The number of rotatable bonds is 3. The highest BCUT2D eigenvalue weighted by Gasteiger charge is 2.27. The van der Waals surface area contributed by atoms with Crippen LogP contribution in [0, 0.1) is 0 Å². The third-order valence-electron chi connectivity index (χ3n) is 4.23. The summed E-state index contributed by atoms with van der Waals surface area (Å²) in [5.41, 5.74) is 2.88. The van der Waals surface area contributed by atoms with Crippen molar-refractivity contribution in [1.82, 2.24) is 9.30 Å². The Balaban J connectivity index is 1.85. The summed E-state index contributed by atoms with van der Waals surface area (Å²) in [5.74, 6) is -1.14. The molecule has 4 rings (SSSR count). The van der Waals surface area contributed by atoms with E-state index < -0.39 is 11.7 Å². The van der Waals surface area contributed by atoms with Gasteiger partial charge in [-0.3, -0.25) is 14.5 Å². The molecule has 0 atom stereocenters. The van der Waals surface area contributed by atoms with Gasteiger partial charge in [-0.05, 0) is 35.9 Å². The second kappa shape index (κ2) is 6.69. The summed E-state index contributed by atoms with van der Waals surface area (Å²) < 4.78 is 1.77. The van der Waals surface area contributed by atoms with Crippen molar-refractivity contribution in [3.63, 3.8) is 0 Å². The van der Waals surface area contributed by atoms with E-state index >= 15 is 0 Å². The number of benzene rings is 1. The number of amides is 1. The van der Waals surface area contributed by atoms with E-state index in [-0.39, 0.29) is 0 Å². The van der Waals surface area contributed by atoms with Crippen LogP contribution in [0.4, 0.5) is 0 Å². The molecular weight excluding hydrogens is 324 g/mol. The van der Waals surface area contributed by atoms with Crippen LogP contribution < -0.4 is 0 Å². The summed E-state index contributed by atoms with van der Waals surface area (Å²) in [6.07, 6.45) is 12.0. The van der Waals surface area contributed by atoms with Crippen molar-refractivity contribution in [2.24, 2.45) is 0 Å². The van der Waals surface area contributed by atoms with Gasteiger partial charge in [-0.25, -0.2) is 0 Å². The Kier molecular flexibility index (Phi) is 4.07. The third-order valence-corrected chi connectivity index (χ3v) is 4.23. The van der Waals surface area contributed by atoms with Gasteiger partial charge in [0.25, 0.3) is 5.78 Å². The quantitative estimate of drug-likeness (QED) is 0.529. The first-order valence-corrected chi connectivity index (χ1v) is 8.30. The smallest absolute Gasteiger partial charge is 0.304 e. The summed E-state index contributed by atoms with van der Waals surface area (Å²) in [7, 11) is 0. The highest BCUT2D eigenvalue weighted by atomic mass is 16.2. The average molecular weight is 340 g/mol. The van der Waals surface area contributed by atoms with E-state index in [0.29, 0.717) is 5.69 Å². The van der Waals surface area contributed by atoms with E-state index in [9.17, 15) is 9.59 Å². The number of aromatic nitrogens is 1. The van der Waals surface area contributed by atoms with Gasteiger partial charge >= 0.3 is 5.91 Å². The van der Waals surface area contributed by atoms with E-state index in [2.05, 4.69) is 0 Å². The molecule has 1 aliphatic heterocycles. The lowest BCUT2D eigenvalue weighted by Crippen LogP contribution is -2.29. The number of ketones is 1. The number of Topliss-reactive ketones (excluding diaryl/α,β-unsaturated/α-hetero) is 1. The predicted molar refractivity (Wildman–Crippen MR) is 101 cm³/mol. The van der Waals surface area contributed by atoms with Crippen LogP contribution in [0.15, 0.2) is 97.5 Å². The van der Waals surface area contributed by atoms with Crippen LogP contribution in [0.5, 0.6) is 0 Å². The number of nitrogens with zero attached hydrogens (tertiary/aromatic N) is 2. The van der Waals surface area contributed by atoms with Crippen LogP contribution in [-0.4, -0.2) is 21.0 Å². The normalized spacial score (nSPS) is 13.2. The minimum Gasteiger partial charge on any atom is -0.313 e. The van der Waals surface area contributed by atoms with Crippen LogP contribution in [0.1, 0.15) is 10.5 Å². The van der Waals surface area contributed by atoms with E-state index in [1.165, 1.54) is 4.90 Å². The van der Waals surface area contributed by atoms with E-state index in [0.717, 1.165) is 16.6 Å². The number of carbonyl (C=O) groups excluding carboxylic acids is 2. The maximum absolute atomic E-state index is 13.1. The number of pyridine rings is 1. The molecule has 0 bridgehead atoms. The molecule has 0 N–H and O–H groups in total. The molecule has 0 saturated heterocycles. The Labute approximate surface area is 151 Å². The zero-order chi connectivity index (χ0) is 17.9. The summed E-state index contributed by atoms with van der Waals surface area (Å²) in [4.78, 5) is 27.2. The molecule has 0 spiro atoms. The molecule has 126 valence electrons. The Hall–Kier alpha value is -3.66. The van der Waals surface area contributed by atoms with Crippen LogP contribution in [-0.2, 0) is 4.79 Å². The second-order valence-electron chi connectivity index (χ2n) is 5.88. The highest BCUT2D eigenvalue weighted by molar-refractivity contribution is 6.44. The Morgan fingerprint density at radius 1 is 0.769 bits per heavy atom. The molecule has 1 aromatic carbocycles. The van der Waals surface area contributed by atoms with Gasteiger partial charge in [-0.15, -0.1) is 0 Å². The van der Waals surface area contributed by atoms with Gasteiger partial charge < -0.3 is 4.40 Å². The molecule has 3 aromatic rings. The lowest BCUT2D eigenvalue weighted by atomic mass is 10.0. The first-order valence-electron chi connectivity index (χ1n) is 8.30. The summed E-state index contributed by atoms with van der Waals surface area (Å²) in [6, 6.07) is 17.2. The fourth-order valence-electron chi connectivity index (χ4n) is 3.01. The van der Waals surface area contributed by atoms with Gasteiger partial charge in [0.2, 0.25) is 0 Å². The number of hydrogen-bond acceptors (Lipinski definition) is 2. The molecule has 0 unspecified atom stereocenters. The van der Waals surface area contributed by atoms with Crippen LogP contribution >= 0.6 is 0 Å². The molecule has 1 aliphatic rings. The summed E-state index contributed by atoms with van der Waals surface area (Å²) in [5, 5.41) is 0. The Morgan fingerprint density at radius 3 is 2.19 bits per heavy atom. The molecule has 3 heterocycles. The van der Waals surface area contributed by atoms with Crippen LogP contribution in [0.3, 0.4) is 0 Å². The molecule has 0 aliphatic carbocycles. The highest BCUT2D eigenvalue weighted by Crippen LogP contribution is 2.28. The zero-order valence-corrected chi connectivity index (χ0v) is 13.9. The second-order valence-corrected chi connectivity index (χ2v) is 5.88. The number of fused-ring (bicyclic) bond motifs is 1. The maximum Gasteiger partial charge on any atom is 0.304 e. The number of hydrogen-bond donors (Lipinski definition) is 0. The molecular formula is C22H16N2O2. The molecule has 4 heteroatoms. The van der Waals surface area contributed by atoms with Crippen molar-refractivity contribution in [3.05, 3.63) is 103 Å². The third kappa shape index (κ3) is 2.78. The number of carbonyl (C=O) groups is 2. The lowest BCUT2D eigenvalue weighted by Gasteiger charge is -2.13. The largest absolute Gasteiger partial charge is 0.313 e. The van der Waals surface area contributed by atoms with Crippen molar-refractivity contribution in [2.45, 2.75) is 0 Å². The lowest BCUT2D eigenvalue weighted by molar-refractivity contribution is -0.122. The topological polar surface area (TPSA) is 41.8 Å². The van der Waals surface area contributed by atoms with Gasteiger partial charge in [0.15, 0.2) is 0 Å². The molecule has 4 nitrogen and oxygen atoms in total. The minimum atomic E-state index is -0.595. The summed E-state index contributed by atoms with van der Waals surface area (Å²) >= 11 is 0. The van der Waals surface area contributed by atoms with Gasteiger partial charge in [-0.1, -0.05) is 48.6 Å². The van der Waals surface area contributed by atoms with E-state index in [1.807, 2.05) is 54.6 Å². The van der Waals surface area contributed by atoms with Crippen molar-refractivity contribution in [1.29, 1.82) is 0 Å². The molecule has 2 aromatic heterocycles. The maximum atomic E-state index is 13.1. The molecule has 1 amide bonds. The molecule has 0 saturated carbocycles. The van der Waals surface area contributed by atoms with Gasteiger partial charge in [0.05, 0.1) is 0 Å². The van der Waals surface area contributed by atoms with E-state index in [1.54, 1.807) is 47.3 Å². The van der Waals surface area contributed by atoms with E-state index in [4.69, 9.17) is 0 Å². The zero-order valence-electron chi connectivity index (χ0n) is 13.9. The SMILES string of the molecule is O=C(C(=O)N1C=CC=CC=C1)c1c(-c2ccccc2)cc2ccccn12. The standard InChI is InChI=1S/C22H16N2O2/c25-21(22(26)23-13-7-1-2-8-14-23)20-19(17-10-4-3-5-11-17)16-18-12-6-9-15-24(18)20/h1-16H.